The van der Waals surface area contributed by atoms with Gasteiger partial charge in [0.1, 0.15) is 11.0 Å². The minimum Gasteiger partial charge on any atom is -0.439 e. The molecular formula is C23H16Cl2N4O5S. The molecule has 1 aromatic heterocycles. The minimum atomic E-state index is -0.729. The maximum atomic E-state index is 12.4. The van der Waals surface area contributed by atoms with Crippen molar-refractivity contribution >= 4 is 69.3 Å². The highest BCUT2D eigenvalue weighted by atomic mass is 35.5. The molecule has 0 radical (unpaired) electrons. The second-order valence-electron chi connectivity index (χ2n) is 7.23. The Morgan fingerprint density at radius 3 is 2.34 bits per heavy atom. The summed E-state index contributed by atoms with van der Waals surface area (Å²) in [5.41, 5.74) is 1.32. The van der Waals surface area contributed by atoms with Crippen LogP contribution in [0.3, 0.4) is 0 Å². The van der Waals surface area contributed by atoms with Gasteiger partial charge in [0.15, 0.2) is 0 Å². The van der Waals surface area contributed by atoms with Crippen molar-refractivity contribution in [2.45, 2.75) is 11.7 Å². The molecule has 0 spiro atoms. The lowest BCUT2D eigenvalue weighted by atomic mass is 10.2. The second-order valence-corrected chi connectivity index (χ2v) is 9.22. The average Bonchev–Trinajstić information content (AvgIpc) is 3.14. The number of nitrogens with one attached hydrogen (secondary N) is 3. The van der Waals surface area contributed by atoms with Gasteiger partial charge < -0.3 is 15.4 Å². The summed E-state index contributed by atoms with van der Waals surface area (Å²) in [4.78, 5) is 51.4. The van der Waals surface area contributed by atoms with Crippen LogP contribution in [0.15, 0.2) is 60.8 Å². The van der Waals surface area contributed by atoms with E-state index in [-0.39, 0.29) is 23.3 Å². The predicted molar refractivity (Wildman–Crippen MR) is 133 cm³/mol. The van der Waals surface area contributed by atoms with Crippen molar-refractivity contribution < 1.29 is 23.9 Å². The summed E-state index contributed by atoms with van der Waals surface area (Å²) in [6.45, 7) is 0. The largest absolute Gasteiger partial charge is 0.439 e. The van der Waals surface area contributed by atoms with Crippen LogP contribution in [0.25, 0.3) is 0 Å². The third-order valence-electron chi connectivity index (χ3n) is 4.67. The molecule has 0 bridgehead atoms. The molecule has 0 saturated carbocycles. The molecule has 4 rings (SSSR count). The number of thioether (sulfide) groups is 1. The SMILES string of the molecule is O=C(CC1SC(=O)NC1=O)Nc1ccc(Oc2ccc(NC(=O)c3ccc(Cl)c(Cl)c3)cn2)cc1. The smallest absolute Gasteiger partial charge is 0.286 e. The Kier molecular flexibility index (Phi) is 7.54. The van der Waals surface area contributed by atoms with Crippen LogP contribution in [0, 0.1) is 0 Å². The van der Waals surface area contributed by atoms with Crippen molar-refractivity contribution in [3.8, 4) is 11.6 Å². The summed E-state index contributed by atoms with van der Waals surface area (Å²) >= 11 is 12.6. The molecule has 12 heteroatoms. The molecule has 3 aromatic rings. The molecular weight excluding hydrogens is 515 g/mol. The summed E-state index contributed by atoms with van der Waals surface area (Å²) < 4.78 is 5.68. The zero-order valence-electron chi connectivity index (χ0n) is 17.7. The minimum absolute atomic E-state index is 0.113. The fourth-order valence-electron chi connectivity index (χ4n) is 2.99. The molecule has 1 atom stereocenters. The van der Waals surface area contributed by atoms with Gasteiger partial charge in [0.05, 0.1) is 21.9 Å². The first kappa shape index (κ1) is 24.5. The Labute approximate surface area is 213 Å². The molecule has 35 heavy (non-hydrogen) atoms. The normalized spacial score (nSPS) is 14.9. The number of anilines is 2. The molecule has 1 unspecified atom stereocenters. The van der Waals surface area contributed by atoms with Gasteiger partial charge in [0.2, 0.25) is 17.7 Å². The summed E-state index contributed by atoms with van der Waals surface area (Å²) in [5, 5.41) is 6.98. The van der Waals surface area contributed by atoms with Gasteiger partial charge >= 0.3 is 0 Å². The van der Waals surface area contributed by atoms with Gasteiger partial charge in [0.25, 0.3) is 11.1 Å². The van der Waals surface area contributed by atoms with Crippen LogP contribution in [0.2, 0.25) is 10.0 Å². The Bertz CT molecular complexity index is 1300. The lowest BCUT2D eigenvalue weighted by Gasteiger charge is -2.09. The highest BCUT2D eigenvalue weighted by molar-refractivity contribution is 8.15. The number of ether oxygens (including phenoxy) is 1. The molecule has 178 valence electrons. The maximum absolute atomic E-state index is 12.4. The zero-order valence-corrected chi connectivity index (χ0v) is 20.0. The molecule has 1 aliphatic heterocycles. The molecule has 0 aliphatic carbocycles. The third kappa shape index (κ3) is 6.50. The number of pyridine rings is 1. The van der Waals surface area contributed by atoms with Gasteiger partial charge in [-0.2, -0.15) is 0 Å². The van der Waals surface area contributed by atoms with Crippen LogP contribution in [0.1, 0.15) is 16.8 Å². The summed E-state index contributed by atoms with van der Waals surface area (Å²) in [7, 11) is 0. The number of benzene rings is 2. The van der Waals surface area contributed by atoms with Crippen molar-refractivity contribution in [3.05, 3.63) is 76.4 Å². The molecule has 1 aliphatic rings. The molecule has 2 heterocycles. The highest BCUT2D eigenvalue weighted by Crippen LogP contribution is 2.26. The third-order valence-corrected chi connectivity index (χ3v) is 6.39. The highest BCUT2D eigenvalue weighted by Gasteiger charge is 2.33. The van der Waals surface area contributed by atoms with Gasteiger partial charge in [-0.25, -0.2) is 4.98 Å². The predicted octanol–water partition coefficient (Wildman–Crippen LogP) is 5.11. The quantitative estimate of drug-likeness (QED) is 0.387. The lowest BCUT2D eigenvalue weighted by molar-refractivity contribution is -0.122. The lowest BCUT2D eigenvalue weighted by Crippen LogP contribution is -2.27. The number of hydrogen-bond acceptors (Lipinski definition) is 7. The van der Waals surface area contributed by atoms with E-state index in [9.17, 15) is 19.2 Å². The molecule has 3 N–H and O–H groups in total. The van der Waals surface area contributed by atoms with Gasteiger partial charge in [0, 0.05) is 23.7 Å². The van der Waals surface area contributed by atoms with E-state index >= 15 is 0 Å². The number of carbonyl (C=O) groups excluding carboxylic acids is 4. The first-order valence-electron chi connectivity index (χ1n) is 10.1. The Morgan fingerprint density at radius 1 is 0.971 bits per heavy atom. The first-order valence-corrected chi connectivity index (χ1v) is 11.7. The number of carbonyl (C=O) groups is 4. The zero-order chi connectivity index (χ0) is 24.9. The van der Waals surface area contributed by atoms with Gasteiger partial charge in [-0.3, -0.25) is 24.5 Å². The Morgan fingerprint density at radius 2 is 1.71 bits per heavy atom. The van der Waals surface area contributed by atoms with E-state index < -0.39 is 16.4 Å². The molecule has 4 amide bonds. The van der Waals surface area contributed by atoms with E-state index in [1.165, 1.54) is 12.3 Å². The van der Waals surface area contributed by atoms with Crippen LogP contribution in [0.5, 0.6) is 11.6 Å². The number of nitrogens with zero attached hydrogens (tertiary/aromatic N) is 1. The number of hydrogen-bond donors (Lipinski definition) is 3. The van der Waals surface area contributed by atoms with Crippen LogP contribution >= 0.6 is 35.0 Å². The second kappa shape index (κ2) is 10.8. The van der Waals surface area contributed by atoms with Gasteiger partial charge in [-0.05, 0) is 48.5 Å². The summed E-state index contributed by atoms with van der Waals surface area (Å²) in [6, 6.07) is 14.3. The average molecular weight is 531 g/mol. The molecule has 9 nitrogen and oxygen atoms in total. The number of halogens is 2. The van der Waals surface area contributed by atoms with Gasteiger partial charge in [-0.1, -0.05) is 35.0 Å². The topological polar surface area (TPSA) is 126 Å². The van der Waals surface area contributed by atoms with E-state index in [1.54, 1.807) is 48.5 Å². The van der Waals surface area contributed by atoms with Crippen molar-refractivity contribution in [1.82, 2.24) is 10.3 Å². The van der Waals surface area contributed by atoms with Crippen LogP contribution in [-0.4, -0.2) is 33.2 Å². The first-order chi connectivity index (χ1) is 16.8. The van der Waals surface area contributed by atoms with E-state index in [4.69, 9.17) is 27.9 Å². The Hall–Kier alpha value is -3.60. The van der Waals surface area contributed by atoms with E-state index in [0.29, 0.717) is 33.6 Å². The number of rotatable bonds is 7. The van der Waals surface area contributed by atoms with E-state index in [1.807, 2.05) is 0 Å². The monoisotopic (exact) mass is 530 g/mol. The van der Waals surface area contributed by atoms with Crippen LogP contribution < -0.4 is 20.7 Å². The van der Waals surface area contributed by atoms with E-state index in [2.05, 4.69) is 20.9 Å². The molecule has 1 fully saturated rings. The summed E-state index contributed by atoms with van der Waals surface area (Å²) in [6.07, 6.45) is 1.33. The van der Waals surface area contributed by atoms with Crippen molar-refractivity contribution in [3.63, 3.8) is 0 Å². The van der Waals surface area contributed by atoms with Crippen molar-refractivity contribution in [1.29, 1.82) is 0 Å². The van der Waals surface area contributed by atoms with Crippen LogP contribution in [0.4, 0.5) is 16.2 Å². The van der Waals surface area contributed by atoms with Crippen LogP contribution in [-0.2, 0) is 9.59 Å². The number of aromatic nitrogens is 1. The molecule has 1 saturated heterocycles. The Balaban J connectivity index is 1.29. The molecule has 2 aromatic carbocycles. The van der Waals surface area contributed by atoms with Crippen molar-refractivity contribution in [2.24, 2.45) is 0 Å². The fraction of sp³-hybridized carbons (Fsp3) is 0.0870. The number of amides is 4. The standard InChI is InChI=1S/C23H16Cl2N4O5S/c24-16-7-1-12(9-17(16)25)21(31)28-14-4-8-20(26-11-14)34-15-5-2-13(3-6-15)27-19(30)10-18-22(32)29-23(33)35-18/h1-9,11,18H,10H2,(H,27,30)(H,28,31)(H,29,32,33). The van der Waals surface area contributed by atoms with Gasteiger partial charge in [-0.15, -0.1) is 0 Å². The van der Waals surface area contributed by atoms with Crippen molar-refractivity contribution in [2.75, 3.05) is 10.6 Å². The fourth-order valence-corrected chi connectivity index (χ4v) is 4.11. The summed E-state index contributed by atoms with van der Waals surface area (Å²) in [5.74, 6) is -0.453. The maximum Gasteiger partial charge on any atom is 0.286 e. The number of imide groups is 1. The van der Waals surface area contributed by atoms with E-state index in [0.717, 1.165) is 11.8 Å².